The fourth-order valence-electron chi connectivity index (χ4n) is 3.63. The molecule has 2 atom stereocenters. The number of hydrogen-bond donors (Lipinski definition) is 3. The van der Waals surface area contributed by atoms with Gasteiger partial charge in [0, 0.05) is 28.3 Å². The summed E-state index contributed by atoms with van der Waals surface area (Å²) >= 11 is 6.27. The van der Waals surface area contributed by atoms with E-state index in [1.807, 2.05) is 0 Å². The number of benzene rings is 2. The number of carboxylic acid groups (broad SMARTS) is 1. The third-order valence-electron chi connectivity index (χ3n) is 5.59. The summed E-state index contributed by atoms with van der Waals surface area (Å²) in [4.78, 5) is 24.8. The van der Waals surface area contributed by atoms with Crippen LogP contribution in [0.1, 0.15) is 39.9 Å². The van der Waals surface area contributed by atoms with E-state index in [1.54, 1.807) is 0 Å². The maximum Gasteiger partial charge on any atom is 0.422 e. The number of aromatic amines is 1. The van der Waals surface area contributed by atoms with Crippen molar-refractivity contribution in [2.24, 2.45) is 0 Å². The van der Waals surface area contributed by atoms with Gasteiger partial charge in [0.2, 0.25) is 0 Å². The Morgan fingerprint density at radius 1 is 1.09 bits per heavy atom. The second kappa shape index (κ2) is 8.64. The number of aromatic carboxylic acids is 1. The van der Waals surface area contributed by atoms with Gasteiger partial charge in [0.05, 0.1) is 5.56 Å². The number of carboxylic acids is 1. The monoisotopic (exact) mass is 483 g/mol. The fourth-order valence-corrected chi connectivity index (χ4v) is 3.97. The van der Waals surface area contributed by atoms with Gasteiger partial charge in [-0.05, 0) is 47.9 Å². The molecule has 0 spiro atoms. The van der Waals surface area contributed by atoms with Gasteiger partial charge in [0.1, 0.15) is 5.82 Å². The summed E-state index contributed by atoms with van der Waals surface area (Å²) in [5, 5.41) is 19.7. The van der Waals surface area contributed by atoms with E-state index in [-0.39, 0.29) is 21.7 Å². The van der Waals surface area contributed by atoms with Crippen molar-refractivity contribution < 1.29 is 32.6 Å². The zero-order valence-electron chi connectivity index (χ0n) is 17.3. The van der Waals surface area contributed by atoms with Crippen LogP contribution in [0.5, 0.6) is 0 Å². The molecule has 0 fully saturated rings. The highest BCUT2D eigenvalue weighted by Gasteiger charge is 2.59. The number of aromatic nitrogens is 1. The standard InChI is InChI=1S/C23H18ClF4NO4/c1-11-7-15(10-29-20(11)30)22(33,23(26,27)28)12(2)16-5-3-13(8-18(16)24)14-4-6-17(21(31)32)19(25)9-14/h3-10,12,33H,1-2H3,(H,29,30)(H,31,32). The third kappa shape index (κ3) is 4.38. The van der Waals surface area contributed by atoms with Gasteiger partial charge in [0.15, 0.2) is 5.60 Å². The maximum absolute atomic E-state index is 14.1. The van der Waals surface area contributed by atoms with Crippen molar-refractivity contribution >= 4 is 17.6 Å². The summed E-state index contributed by atoms with van der Waals surface area (Å²) in [6.45, 7) is 2.47. The Hall–Kier alpha value is -3.17. The van der Waals surface area contributed by atoms with E-state index in [1.165, 1.54) is 31.2 Å². The molecule has 3 aromatic rings. The quantitative estimate of drug-likeness (QED) is 0.424. The van der Waals surface area contributed by atoms with E-state index < -0.39 is 46.2 Å². The van der Waals surface area contributed by atoms with E-state index in [2.05, 4.69) is 4.98 Å². The Morgan fingerprint density at radius 2 is 1.70 bits per heavy atom. The lowest BCUT2D eigenvalue weighted by atomic mass is 9.77. The largest absolute Gasteiger partial charge is 0.478 e. The second-order valence-corrected chi connectivity index (χ2v) is 8.03. The summed E-state index contributed by atoms with van der Waals surface area (Å²) < 4.78 is 56.4. The van der Waals surface area contributed by atoms with Crippen LogP contribution in [0.3, 0.4) is 0 Å². The van der Waals surface area contributed by atoms with E-state index in [9.17, 15) is 32.3 Å². The molecule has 0 aliphatic heterocycles. The normalized spacial score (nSPS) is 14.5. The van der Waals surface area contributed by atoms with Crippen molar-refractivity contribution in [1.82, 2.24) is 4.98 Å². The lowest BCUT2D eigenvalue weighted by Gasteiger charge is -2.37. The van der Waals surface area contributed by atoms with Gasteiger partial charge in [-0.3, -0.25) is 4.79 Å². The Balaban J connectivity index is 2.08. The first kappa shape index (κ1) is 24.5. The van der Waals surface area contributed by atoms with Crippen LogP contribution in [0.4, 0.5) is 17.6 Å². The van der Waals surface area contributed by atoms with Gasteiger partial charge in [-0.2, -0.15) is 13.2 Å². The molecule has 0 aliphatic rings. The van der Waals surface area contributed by atoms with Gasteiger partial charge in [-0.15, -0.1) is 0 Å². The number of aryl methyl sites for hydroxylation is 1. The lowest BCUT2D eigenvalue weighted by Crippen LogP contribution is -2.47. The first-order valence-corrected chi connectivity index (χ1v) is 9.96. The number of hydrogen-bond acceptors (Lipinski definition) is 3. The third-order valence-corrected chi connectivity index (χ3v) is 5.91. The molecular weight excluding hydrogens is 466 g/mol. The van der Waals surface area contributed by atoms with Gasteiger partial charge in [-0.1, -0.05) is 36.7 Å². The van der Waals surface area contributed by atoms with E-state index in [0.29, 0.717) is 5.56 Å². The van der Waals surface area contributed by atoms with Crippen molar-refractivity contribution in [3.05, 3.63) is 92.1 Å². The molecule has 0 saturated heterocycles. The number of nitrogens with one attached hydrogen (secondary N) is 1. The fraction of sp³-hybridized carbons (Fsp3) is 0.217. The molecule has 33 heavy (non-hydrogen) atoms. The second-order valence-electron chi connectivity index (χ2n) is 7.62. The minimum absolute atomic E-state index is 0.00402. The minimum atomic E-state index is -5.12. The number of alkyl halides is 3. The highest BCUT2D eigenvalue weighted by molar-refractivity contribution is 6.31. The SMILES string of the molecule is Cc1cc(C(O)(C(C)c2ccc(-c3ccc(C(=O)O)c(F)c3)cc2Cl)C(F)(F)F)c[nH]c1=O. The molecule has 1 aromatic heterocycles. The Kier molecular flexibility index (Phi) is 6.41. The molecule has 0 radical (unpaired) electrons. The van der Waals surface area contributed by atoms with Crippen molar-refractivity contribution in [3.8, 4) is 11.1 Å². The highest BCUT2D eigenvalue weighted by atomic mass is 35.5. The van der Waals surface area contributed by atoms with Crippen molar-refractivity contribution in [1.29, 1.82) is 0 Å². The van der Waals surface area contributed by atoms with Crippen molar-refractivity contribution in [2.45, 2.75) is 31.5 Å². The van der Waals surface area contributed by atoms with Crippen LogP contribution in [0.15, 0.2) is 53.5 Å². The average molecular weight is 484 g/mol. The average Bonchev–Trinajstić information content (AvgIpc) is 2.73. The minimum Gasteiger partial charge on any atom is -0.478 e. The maximum atomic E-state index is 14.1. The summed E-state index contributed by atoms with van der Waals surface area (Å²) in [5.74, 6) is -4.01. The van der Waals surface area contributed by atoms with Gasteiger partial charge in [-0.25, -0.2) is 9.18 Å². The number of aliphatic hydroxyl groups is 1. The molecule has 5 nitrogen and oxygen atoms in total. The molecule has 0 aliphatic carbocycles. The summed E-state index contributed by atoms with van der Waals surface area (Å²) in [7, 11) is 0. The van der Waals surface area contributed by atoms with Crippen LogP contribution in [0.2, 0.25) is 5.02 Å². The van der Waals surface area contributed by atoms with Gasteiger partial charge in [0.25, 0.3) is 5.56 Å². The first-order valence-electron chi connectivity index (χ1n) is 9.59. The molecule has 174 valence electrons. The van der Waals surface area contributed by atoms with Crippen LogP contribution in [0.25, 0.3) is 11.1 Å². The molecule has 0 amide bonds. The topological polar surface area (TPSA) is 90.4 Å². The predicted molar refractivity (Wildman–Crippen MR) is 114 cm³/mol. The molecule has 3 N–H and O–H groups in total. The number of halogens is 5. The van der Waals surface area contributed by atoms with Crippen LogP contribution < -0.4 is 5.56 Å². The molecule has 0 saturated carbocycles. The molecule has 2 unspecified atom stereocenters. The number of rotatable bonds is 5. The van der Waals surface area contributed by atoms with Crippen LogP contribution in [-0.4, -0.2) is 27.3 Å². The number of pyridine rings is 1. The summed E-state index contributed by atoms with van der Waals surface area (Å²) in [5.41, 5.74) is -4.47. The van der Waals surface area contributed by atoms with Gasteiger partial charge >= 0.3 is 12.1 Å². The van der Waals surface area contributed by atoms with Crippen molar-refractivity contribution in [2.75, 3.05) is 0 Å². The first-order chi connectivity index (χ1) is 15.3. The van der Waals surface area contributed by atoms with Crippen LogP contribution in [0, 0.1) is 12.7 Å². The smallest absolute Gasteiger partial charge is 0.422 e. The van der Waals surface area contributed by atoms with E-state index in [4.69, 9.17) is 16.7 Å². The van der Waals surface area contributed by atoms with Crippen molar-refractivity contribution in [3.63, 3.8) is 0 Å². The zero-order chi connectivity index (χ0) is 24.7. The molecule has 3 rings (SSSR count). The highest BCUT2D eigenvalue weighted by Crippen LogP contribution is 2.49. The lowest BCUT2D eigenvalue weighted by molar-refractivity contribution is -0.274. The molecular formula is C23H18ClF4NO4. The Labute approximate surface area is 190 Å². The predicted octanol–water partition coefficient (Wildman–Crippen LogP) is 5.39. The van der Waals surface area contributed by atoms with Crippen LogP contribution in [-0.2, 0) is 5.60 Å². The Bertz CT molecular complexity index is 1290. The molecule has 10 heteroatoms. The number of H-pyrrole nitrogens is 1. The number of carbonyl (C=O) groups is 1. The summed E-state index contributed by atoms with van der Waals surface area (Å²) in [6, 6.07) is 8.33. The van der Waals surface area contributed by atoms with Gasteiger partial charge < -0.3 is 15.2 Å². The zero-order valence-corrected chi connectivity index (χ0v) is 18.1. The molecule has 2 aromatic carbocycles. The van der Waals surface area contributed by atoms with Crippen LogP contribution >= 0.6 is 11.6 Å². The molecule has 1 heterocycles. The summed E-state index contributed by atoms with van der Waals surface area (Å²) in [6.07, 6.45) is -4.30. The van der Waals surface area contributed by atoms with E-state index in [0.717, 1.165) is 31.3 Å². The Morgan fingerprint density at radius 3 is 2.21 bits per heavy atom. The molecule has 0 bridgehead atoms. The van der Waals surface area contributed by atoms with E-state index >= 15 is 0 Å².